The Morgan fingerprint density at radius 2 is 2.35 bits per heavy atom. The maximum atomic E-state index is 5.98. The van der Waals surface area contributed by atoms with Crippen molar-refractivity contribution in [1.82, 2.24) is 20.1 Å². The van der Waals surface area contributed by atoms with E-state index in [0.717, 1.165) is 31.0 Å². The van der Waals surface area contributed by atoms with Crippen molar-refractivity contribution in [3.05, 3.63) is 41.5 Å². The van der Waals surface area contributed by atoms with Crippen molar-refractivity contribution in [3.8, 4) is 5.75 Å². The molecule has 0 spiro atoms. The molecule has 5 heteroatoms. The lowest BCUT2D eigenvalue weighted by Gasteiger charge is -2.13. The molecule has 1 aromatic carbocycles. The molecule has 1 unspecified atom stereocenters. The van der Waals surface area contributed by atoms with Gasteiger partial charge in [0.15, 0.2) is 5.82 Å². The Kier molecular flexibility index (Phi) is 3.69. The summed E-state index contributed by atoms with van der Waals surface area (Å²) in [6.07, 6.45) is 3.78. The van der Waals surface area contributed by atoms with Gasteiger partial charge in [0.1, 0.15) is 18.7 Å². The Balaban J connectivity index is 1.78. The van der Waals surface area contributed by atoms with Crippen LogP contribution >= 0.6 is 0 Å². The van der Waals surface area contributed by atoms with Crippen molar-refractivity contribution in [2.24, 2.45) is 0 Å². The molecule has 1 heterocycles. The van der Waals surface area contributed by atoms with E-state index in [1.54, 1.807) is 6.33 Å². The van der Waals surface area contributed by atoms with Gasteiger partial charge in [0, 0.05) is 12.6 Å². The van der Waals surface area contributed by atoms with E-state index >= 15 is 0 Å². The summed E-state index contributed by atoms with van der Waals surface area (Å²) in [6.45, 7) is 3.33. The van der Waals surface area contributed by atoms with Gasteiger partial charge in [0.25, 0.3) is 0 Å². The Bertz CT molecular complexity index is 593. The molecule has 0 bridgehead atoms. The zero-order valence-electron chi connectivity index (χ0n) is 12.0. The van der Waals surface area contributed by atoms with Crippen LogP contribution < -0.4 is 10.1 Å². The van der Waals surface area contributed by atoms with Gasteiger partial charge in [-0.25, -0.2) is 9.67 Å². The summed E-state index contributed by atoms with van der Waals surface area (Å²) in [5.41, 5.74) is 2.69. The number of nitrogens with zero attached hydrogens (tertiary/aromatic N) is 3. The number of fused-ring (bicyclic) bond motifs is 1. The molecular formula is C15H20N4O. The summed E-state index contributed by atoms with van der Waals surface area (Å²) < 4.78 is 7.84. The van der Waals surface area contributed by atoms with Crippen molar-refractivity contribution >= 4 is 0 Å². The highest BCUT2D eigenvalue weighted by Gasteiger charge is 2.23. The summed E-state index contributed by atoms with van der Waals surface area (Å²) >= 11 is 0. The number of hydrogen-bond donors (Lipinski definition) is 1. The largest absolute Gasteiger partial charge is 0.485 e. The third kappa shape index (κ3) is 2.29. The van der Waals surface area contributed by atoms with Crippen molar-refractivity contribution in [1.29, 1.82) is 0 Å². The third-order valence-corrected chi connectivity index (χ3v) is 3.93. The van der Waals surface area contributed by atoms with Gasteiger partial charge in [0.2, 0.25) is 0 Å². The highest BCUT2D eigenvalue weighted by Crippen LogP contribution is 2.36. The van der Waals surface area contributed by atoms with Crippen LogP contribution in [0.25, 0.3) is 0 Å². The molecular weight excluding hydrogens is 252 g/mol. The molecule has 0 amide bonds. The van der Waals surface area contributed by atoms with Crippen LogP contribution in [0.15, 0.2) is 24.5 Å². The SMILES string of the molecule is CCn1ncnc1COc1cccc2c1CCC2NC. The van der Waals surface area contributed by atoms with Crippen LogP contribution in [-0.2, 0) is 19.6 Å². The minimum atomic E-state index is 0.452. The molecule has 0 saturated heterocycles. The third-order valence-electron chi connectivity index (χ3n) is 3.93. The topological polar surface area (TPSA) is 52.0 Å². The van der Waals surface area contributed by atoms with Gasteiger partial charge in [0.05, 0.1) is 0 Å². The highest BCUT2D eigenvalue weighted by molar-refractivity contribution is 5.45. The number of hydrogen-bond acceptors (Lipinski definition) is 4. The molecule has 2 aromatic rings. The number of rotatable bonds is 5. The van der Waals surface area contributed by atoms with Crippen molar-refractivity contribution in [2.75, 3.05) is 7.05 Å². The summed E-state index contributed by atoms with van der Waals surface area (Å²) in [6, 6.07) is 6.75. The van der Waals surface area contributed by atoms with Crippen molar-refractivity contribution < 1.29 is 4.74 Å². The van der Waals surface area contributed by atoms with Gasteiger partial charge in [-0.05, 0) is 44.0 Å². The quantitative estimate of drug-likeness (QED) is 0.905. The molecule has 1 aliphatic rings. The second kappa shape index (κ2) is 5.63. The molecule has 0 radical (unpaired) electrons. The summed E-state index contributed by atoms with van der Waals surface area (Å²) in [4.78, 5) is 4.24. The molecule has 0 fully saturated rings. The minimum Gasteiger partial charge on any atom is -0.485 e. The first kappa shape index (κ1) is 13.1. The first-order valence-electron chi connectivity index (χ1n) is 7.12. The summed E-state index contributed by atoms with van der Waals surface area (Å²) in [7, 11) is 2.01. The summed E-state index contributed by atoms with van der Waals surface area (Å²) in [5.74, 6) is 1.85. The van der Waals surface area contributed by atoms with E-state index in [-0.39, 0.29) is 0 Å². The minimum absolute atomic E-state index is 0.452. The van der Waals surface area contributed by atoms with E-state index in [2.05, 4.69) is 34.5 Å². The lowest BCUT2D eigenvalue weighted by molar-refractivity contribution is 0.284. The van der Waals surface area contributed by atoms with Gasteiger partial charge in [-0.3, -0.25) is 0 Å². The lowest BCUT2D eigenvalue weighted by atomic mass is 10.1. The van der Waals surface area contributed by atoms with Crippen molar-refractivity contribution in [3.63, 3.8) is 0 Å². The van der Waals surface area contributed by atoms with Crippen molar-refractivity contribution in [2.45, 2.75) is 39.0 Å². The lowest BCUT2D eigenvalue weighted by Crippen LogP contribution is -2.12. The predicted molar refractivity (Wildman–Crippen MR) is 76.6 cm³/mol. The van der Waals surface area contributed by atoms with E-state index in [9.17, 15) is 0 Å². The Morgan fingerprint density at radius 1 is 1.45 bits per heavy atom. The van der Waals surface area contributed by atoms with E-state index in [0.29, 0.717) is 12.6 Å². The van der Waals surface area contributed by atoms with Crippen LogP contribution in [0, 0.1) is 0 Å². The van der Waals surface area contributed by atoms with Crippen LogP contribution in [0.3, 0.4) is 0 Å². The molecule has 1 N–H and O–H groups in total. The number of ether oxygens (including phenoxy) is 1. The monoisotopic (exact) mass is 272 g/mol. The first-order valence-corrected chi connectivity index (χ1v) is 7.12. The Labute approximate surface area is 119 Å². The maximum absolute atomic E-state index is 5.98. The zero-order chi connectivity index (χ0) is 13.9. The number of nitrogens with one attached hydrogen (secondary N) is 1. The second-order valence-corrected chi connectivity index (χ2v) is 4.98. The normalized spacial score (nSPS) is 17.2. The van der Waals surface area contributed by atoms with E-state index in [1.165, 1.54) is 11.1 Å². The molecule has 20 heavy (non-hydrogen) atoms. The van der Waals surface area contributed by atoms with Crippen LogP contribution in [0.2, 0.25) is 0 Å². The van der Waals surface area contributed by atoms with Gasteiger partial charge in [-0.2, -0.15) is 5.10 Å². The Morgan fingerprint density at radius 3 is 3.15 bits per heavy atom. The van der Waals surface area contributed by atoms with E-state index < -0.39 is 0 Å². The number of aryl methyl sites for hydroxylation is 1. The molecule has 0 aliphatic heterocycles. The maximum Gasteiger partial charge on any atom is 0.164 e. The van der Waals surface area contributed by atoms with Gasteiger partial charge >= 0.3 is 0 Å². The first-order chi connectivity index (χ1) is 9.83. The molecule has 106 valence electrons. The van der Waals surface area contributed by atoms with Gasteiger partial charge < -0.3 is 10.1 Å². The molecule has 0 saturated carbocycles. The fraction of sp³-hybridized carbons (Fsp3) is 0.467. The summed E-state index contributed by atoms with van der Waals surface area (Å²) in [5, 5.41) is 7.51. The van der Waals surface area contributed by atoms with Crippen LogP contribution in [0.5, 0.6) is 5.75 Å². The number of aromatic nitrogens is 3. The predicted octanol–water partition coefficient (Wildman–Crippen LogP) is 2.08. The fourth-order valence-electron chi connectivity index (χ4n) is 2.86. The number of benzene rings is 1. The smallest absolute Gasteiger partial charge is 0.164 e. The molecule has 1 atom stereocenters. The van der Waals surface area contributed by atoms with Crippen LogP contribution in [0.4, 0.5) is 0 Å². The molecule has 1 aliphatic carbocycles. The molecule has 5 nitrogen and oxygen atoms in total. The highest BCUT2D eigenvalue weighted by atomic mass is 16.5. The second-order valence-electron chi connectivity index (χ2n) is 4.98. The van der Waals surface area contributed by atoms with E-state index in [4.69, 9.17) is 4.74 Å². The fourth-order valence-corrected chi connectivity index (χ4v) is 2.86. The van der Waals surface area contributed by atoms with Crippen LogP contribution in [0.1, 0.15) is 36.3 Å². The zero-order valence-corrected chi connectivity index (χ0v) is 12.0. The standard InChI is InChI=1S/C15H20N4O/c1-3-19-15(17-10-18-19)9-20-14-6-4-5-11-12(14)7-8-13(11)16-2/h4-6,10,13,16H,3,7-9H2,1-2H3. The molecule has 3 rings (SSSR count). The van der Waals surface area contributed by atoms with Gasteiger partial charge in [-0.1, -0.05) is 12.1 Å². The van der Waals surface area contributed by atoms with Gasteiger partial charge in [-0.15, -0.1) is 0 Å². The average molecular weight is 272 g/mol. The van der Waals surface area contributed by atoms with E-state index in [1.807, 2.05) is 17.8 Å². The molecule has 1 aromatic heterocycles. The average Bonchev–Trinajstić information content (AvgIpc) is 3.11. The van der Waals surface area contributed by atoms with Crippen LogP contribution in [-0.4, -0.2) is 21.8 Å². The Hall–Kier alpha value is -1.88.